The number of methoxy groups -OCH3 is 1. The van der Waals surface area contributed by atoms with Crippen molar-refractivity contribution in [3.05, 3.63) is 52.5 Å². The van der Waals surface area contributed by atoms with Gasteiger partial charge in [0.2, 0.25) is 0 Å². The Balaban J connectivity index is 1.95. The highest BCUT2D eigenvalue weighted by Gasteiger charge is 2.08. The lowest BCUT2D eigenvalue weighted by molar-refractivity contribution is -0.118. The average Bonchev–Trinajstić information content (AvgIpc) is 2.53. The van der Waals surface area contributed by atoms with Gasteiger partial charge in [-0.05, 0) is 30.3 Å². The normalized spacial score (nSPS) is 10.1. The molecular formula is C16H16BrNO4. The molecule has 0 fully saturated rings. The molecule has 0 bridgehead atoms. The van der Waals surface area contributed by atoms with E-state index < -0.39 is 0 Å². The number of hydrogen-bond acceptors (Lipinski definition) is 4. The van der Waals surface area contributed by atoms with Crippen LogP contribution in [0.1, 0.15) is 5.56 Å². The lowest BCUT2D eigenvalue weighted by Crippen LogP contribution is -2.20. The van der Waals surface area contributed by atoms with Crippen molar-refractivity contribution in [1.29, 1.82) is 0 Å². The Morgan fingerprint density at radius 2 is 2.09 bits per heavy atom. The number of aliphatic hydroxyl groups is 1. The number of carbonyl (C=O) groups is 1. The second-order valence-corrected chi connectivity index (χ2v) is 5.39. The smallest absolute Gasteiger partial charge is 0.262 e. The fourth-order valence-electron chi connectivity index (χ4n) is 1.85. The van der Waals surface area contributed by atoms with Crippen molar-refractivity contribution < 1.29 is 19.4 Å². The van der Waals surface area contributed by atoms with Gasteiger partial charge >= 0.3 is 0 Å². The highest BCUT2D eigenvalue weighted by atomic mass is 79.9. The minimum Gasteiger partial charge on any atom is -0.497 e. The lowest BCUT2D eigenvalue weighted by Gasteiger charge is -2.11. The molecule has 0 aliphatic rings. The molecule has 0 spiro atoms. The van der Waals surface area contributed by atoms with E-state index in [4.69, 9.17) is 9.47 Å². The molecule has 0 heterocycles. The van der Waals surface area contributed by atoms with Crippen LogP contribution in [0.25, 0.3) is 0 Å². The molecule has 116 valence electrons. The molecule has 1 amide bonds. The summed E-state index contributed by atoms with van der Waals surface area (Å²) < 4.78 is 11.4. The quantitative estimate of drug-likeness (QED) is 0.825. The molecule has 6 heteroatoms. The first-order chi connectivity index (χ1) is 10.6. The minimum atomic E-state index is -0.292. The first kappa shape index (κ1) is 16.3. The fraction of sp³-hybridized carbons (Fsp3) is 0.188. The number of anilines is 1. The first-order valence-corrected chi connectivity index (χ1v) is 7.37. The molecule has 0 aromatic heterocycles. The van der Waals surface area contributed by atoms with Gasteiger partial charge in [-0.2, -0.15) is 0 Å². The highest BCUT2D eigenvalue weighted by Crippen LogP contribution is 2.23. The van der Waals surface area contributed by atoms with Crippen LogP contribution in [0.2, 0.25) is 0 Å². The number of hydrogen-bond donors (Lipinski definition) is 2. The largest absolute Gasteiger partial charge is 0.497 e. The van der Waals surface area contributed by atoms with Crippen molar-refractivity contribution in [3.63, 3.8) is 0 Å². The van der Waals surface area contributed by atoms with Crippen molar-refractivity contribution in [3.8, 4) is 11.5 Å². The molecule has 0 aliphatic heterocycles. The molecule has 2 N–H and O–H groups in total. The summed E-state index contributed by atoms with van der Waals surface area (Å²) in [7, 11) is 1.56. The Bertz CT molecular complexity index is 660. The number of amides is 1. The van der Waals surface area contributed by atoms with Crippen molar-refractivity contribution in [2.45, 2.75) is 6.61 Å². The van der Waals surface area contributed by atoms with Gasteiger partial charge in [0.25, 0.3) is 5.91 Å². The van der Waals surface area contributed by atoms with E-state index in [9.17, 15) is 9.90 Å². The van der Waals surface area contributed by atoms with Gasteiger partial charge < -0.3 is 19.9 Å². The SMILES string of the molecule is COc1cccc(NC(=O)COc2ccc(Br)cc2CO)c1. The monoisotopic (exact) mass is 365 g/mol. The Hall–Kier alpha value is -2.05. The van der Waals surface area contributed by atoms with Gasteiger partial charge in [0.15, 0.2) is 6.61 Å². The summed E-state index contributed by atoms with van der Waals surface area (Å²) in [6, 6.07) is 12.3. The van der Waals surface area contributed by atoms with Crippen LogP contribution in [0.4, 0.5) is 5.69 Å². The lowest BCUT2D eigenvalue weighted by atomic mass is 10.2. The van der Waals surface area contributed by atoms with E-state index in [1.54, 1.807) is 49.6 Å². The van der Waals surface area contributed by atoms with Crippen LogP contribution >= 0.6 is 15.9 Å². The number of nitrogens with one attached hydrogen (secondary N) is 1. The second-order valence-electron chi connectivity index (χ2n) is 4.48. The zero-order valence-electron chi connectivity index (χ0n) is 12.0. The van der Waals surface area contributed by atoms with Gasteiger partial charge in [0, 0.05) is 21.8 Å². The molecule has 0 atom stereocenters. The van der Waals surface area contributed by atoms with Crippen LogP contribution in [0.5, 0.6) is 11.5 Å². The van der Waals surface area contributed by atoms with Crippen LogP contribution in [0.3, 0.4) is 0 Å². The maximum atomic E-state index is 11.9. The van der Waals surface area contributed by atoms with E-state index in [1.807, 2.05) is 0 Å². The third kappa shape index (κ3) is 4.47. The second kappa shape index (κ2) is 7.82. The Kier molecular flexibility index (Phi) is 5.80. The van der Waals surface area contributed by atoms with Crippen molar-refractivity contribution in [2.75, 3.05) is 19.0 Å². The number of halogens is 1. The summed E-state index contributed by atoms with van der Waals surface area (Å²) in [5.41, 5.74) is 1.25. The van der Waals surface area contributed by atoms with Crippen LogP contribution in [0, 0.1) is 0 Å². The third-order valence-corrected chi connectivity index (χ3v) is 3.40. The van der Waals surface area contributed by atoms with Gasteiger partial charge in [-0.15, -0.1) is 0 Å². The first-order valence-electron chi connectivity index (χ1n) is 6.58. The molecule has 0 unspecified atom stereocenters. The maximum absolute atomic E-state index is 11.9. The van der Waals surface area contributed by atoms with Crippen molar-refractivity contribution >= 4 is 27.5 Å². The zero-order chi connectivity index (χ0) is 15.9. The van der Waals surface area contributed by atoms with Crippen molar-refractivity contribution in [1.82, 2.24) is 0 Å². The summed E-state index contributed by atoms with van der Waals surface area (Å²) in [5.74, 6) is 0.848. The molecule has 22 heavy (non-hydrogen) atoms. The summed E-state index contributed by atoms with van der Waals surface area (Å²) in [6.45, 7) is -0.307. The molecule has 0 saturated heterocycles. The number of benzene rings is 2. The van der Waals surface area contributed by atoms with Crippen LogP contribution in [-0.4, -0.2) is 24.7 Å². The summed E-state index contributed by atoms with van der Waals surface area (Å²) >= 11 is 3.32. The van der Waals surface area contributed by atoms with E-state index in [2.05, 4.69) is 21.2 Å². The Morgan fingerprint density at radius 3 is 2.82 bits per heavy atom. The average molecular weight is 366 g/mol. The molecule has 0 aliphatic carbocycles. The number of rotatable bonds is 6. The molecule has 0 saturated carbocycles. The summed E-state index contributed by atoms with van der Waals surface area (Å²) in [5, 5.41) is 12.0. The van der Waals surface area contributed by atoms with Crippen LogP contribution < -0.4 is 14.8 Å². The maximum Gasteiger partial charge on any atom is 0.262 e. The van der Waals surface area contributed by atoms with Crippen molar-refractivity contribution in [2.24, 2.45) is 0 Å². The molecule has 2 rings (SSSR count). The summed E-state index contributed by atoms with van der Waals surface area (Å²) in [4.78, 5) is 11.9. The van der Waals surface area contributed by atoms with E-state index in [1.165, 1.54) is 0 Å². The molecule has 5 nitrogen and oxygen atoms in total. The Morgan fingerprint density at radius 1 is 1.27 bits per heavy atom. The highest BCUT2D eigenvalue weighted by molar-refractivity contribution is 9.10. The summed E-state index contributed by atoms with van der Waals surface area (Å²) in [6.07, 6.45) is 0. The predicted molar refractivity (Wildman–Crippen MR) is 87.2 cm³/mol. The van der Waals surface area contributed by atoms with E-state index in [0.29, 0.717) is 22.7 Å². The topological polar surface area (TPSA) is 67.8 Å². The molecule has 0 radical (unpaired) electrons. The molecule has 2 aromatic carbocycles. The van der Waals surface area contributed by atoms with Gasteiger partial charge in [-0.1, -0.05) is 22.0 Å². The number of ether oxygens (including phenoxy) is 2. The van der Waals surface area contributed by atoms with Crippen LogP contribution in [0.15, 0.2) is 46.9 Å². The van der Waals surface area contributed by atoms with Crippen LogP contribution in [-0.2, 0) is 11.4 Å². The molecular weight excluding hydrogens is 350 g/mol. The van der Waals surface area contributed by atoms with Gasteiger partial charge in [0.1, 0.15) is 11.5 Å². The molecule has 2 aromatic rings. The number of aliphatic hydroxyl groups excluding tert-OH is 1. The minimum absolute atomic E-state index is 0.147. The Labute approximate surface area is 137 Å². The van der Waals surface area contributed by atoms with Gasteiger partial charge in [0.05, 0.1) is 13.7 Å². The predicted octanol–water partition coefficient (Wildman–Crippen LogP) is 2.97. The fourth-order valence-corrected chi connectivity index (χ4v) is 2.26. The van der Waals surface area contributed by atoms with E-state index >= 15 is 0 Å². The zero-order valence-corrected chi connectivity index (χ0v) is 13.6. The number of carbonyl (C=O) groups excluding carboxylic acids is 1. The standard InChI is InChI=1S/C16H16BrNO4/c1-21-14-4-2-3-13(8-14)18-16(20)10-22-15-6-5-12(17)7-11(15)9-19/h2-8,19H,9-10H2,1H3,(H,18,20). The van der Waals surface area contributed by atoms with E-state index in [0.717, 1.165) is 4.47 Å². The van der Waals surface area contributed by atoms with E-state index in [-0.39, 0.29) is 19.1 Å². The van der Waals surface area contributed by atoms with Gasteiger partial charge in [-0.25, -0.2) is 0 Å². The van der Waals surface area contributed by atoms with Gasteiger partial charge in [-0.3, -0.25) is 4.79 Å². The third-order valence-electron chi connectivity index (χ3n) is 2.91.